The molecule has 0 heterocycles. The van der Waals surface area contributed by atoms with Gasteiger partial charge >= 0.3 is 5.97 Å². The number of amides is 2. The molecular formula is C17H14ClFN2O4. The van der Waals surface area contributed by atoms with Gasteiger partial charge in [-0.2, -0.15) is 0 Å². The highest BCUT2D eigenvalue weighted by Crippen LogP contribution is 2.16. The molecule has 0 saturated heterocycles. The summed E-state index contributed by atoms with van der Waals surface area (Å²) < 4.78 is 18.3. The number of hydrogen-bond donors (Lipinski definition) is 2. The maximum absolute atomic E-state index is 13.5. The number of hydrogen-bond acceptors (Lipinski definition) is 4. The molecule has 0 atom stereocenters. The van der Waals surface area contributed by atoms with E-state index in [-0.39, 0.29) is 16.5 Å². The third-order valence-corrected chi connectivity index (χ3v) is 3.38. The fourth-order valence-electron chi connectivity index (χ4n) is 1.91. The van der Waals surface area contributed by atoms with Crippen molar-refractivity contribution in [3.05, 3.63) is 64.4 Å². The highest BCUT2D eigenvalue weighted by molar-refractivity contribution is 6.30. The molecule has 25 heavy (non-hydrogen) atoms. The SMILES string of the molecule is CNC(=O)c1ccc(NC(=O)COC(=O)c2cc(Cl)ccc2F)cc1. The first-order valence-electron chi connectivity index (χ1n) is 7.15. The van der Waals surface area contributed by atoms with Crippen molar-refractivity contribution < 1.29 is 23.5 Å². The standard InChI is InChI=1S/C17H14ClFN2O4/c1-20-16(23)10-2-5-12(6-3-10)21-15(22)9-25-17(24)13-8-11(18)4-7-14(13)19/h2-8H,9H2,1H3,(H,20,23)(H,21,22). The lowest BCUT2D eigenvalue weighted by Gasteiger charge is -2.08. The van der Waals surface area contributed by atoms with Gasteiger partial charge in [0.05, 0.1) is 5.56 Å². The van der Waals surface area contributed by atoms with E-state index in [4.69, 9.17) is 16.3 Å². The number of halogens is 2. The summed E-state index contributed by atoms with van der Waals surface area (Å²) >= 11 is 5.69. The Morgan fingerprint density at radius 1 is 1.12 bits per heavy atom. The first-order chi connectivity index (χ1) is 11.9. The van der Waals surface area contributed by atoms with Crippen LogP contribution in [0.1, 0.15) is 20.7 Å². The van der Waals surface area contributed by atoms with Gasteiger partial charge in [0.1, 0.15) is 5.82 Å². The second-order valence-corrected chi connectivity index (χ2v) is 5.34. The predicted octanol–water partition coefficient (Wildman–Crippen LogP) is 2.63. The monoisotopic (exact) mass is 364 g/mol. The van der Waals surface area contributed by atoms with Gasteiger partial charge < -0.3 is 15.4 Å². The number of rotatable bonds is 5. The maximum atomic E-state index is 13.5. The van der Waals surface area contributed by atoms with Crippen molar-refractivity contribution in [1.29, 1.82) is 0 Å². The van der Waals surface area contributed by atoms with E-state index < -0.39 is 24.3 Å². The minimum atomic E-state index is -0.995. The quantitative estimate of drug-likeness (QED) is 0.799. The summed E-state index contributed by atoms with van der Waals surface area (Å²) in [5.74, 6) is -2.65. The Morgan fingerprint density at radius 3 is 2.44 bits per heavy atom. The van der Waals surface area contributed by atoms with Gasteiger partial charge in [-0.1, -0.05) is 11.6 Å². The molecule has 2 aromatic carbocycles. The normalized spacial score (nSPS) is 10.0. The van der Waals surface area contributed by atoms with Crippen LogP contribution in [0.15, 0.2) is 42.5 Å². The smallest absolute Gasteiger partial charge is 0.341 e. The van der Waals surface area contributed by atoms with E-state index in [0.717, 1.165) is 12.1 Å². The lowest BCUT2D eigenvalue weighted by Crippen LogP contribution is -2.21. The van der Waals surface area contributed by atoms with Crippen LogP contribution in [0.4, 0.5) is 10.1 Å². The molecule has 130 valence electrons. The largest absolute Gasteiger partial charge is 0.452 e. The Hall–Kier alpha value is -2.93. The number of anilines is 1. The van der Waals surface area contributed by atoms with E-state index in [1.807, 2.05) is 0 Å². The van der Waals surface area contributed by atoms with E-state index in [1.54, 1.807) is 0 Å². The third kappa shape index (κ3) is 5.02. The van der Waals surface area contributed by atoms with Crippen molar-refractivity contribution in [2.45, 2.75) is 0 Å². The summed E-state index contributed by atoms with van der Waals surface area (Å²) in [6.07, 6.45) is 0. The van der Waals surface area contributed by atoms with Gasteiger partial charge in [-0.25, -0.2) is 9.18 Å². The van der Waals surface area contributed by atoms with Crippen LogP contribution in [0.25, 0.3) is 0 Å². The molecule has 0 radical (unpaired) electrons. The zero-order chi connectivity index (χ0) is 18.4. The summed E-state index contributed by atoms with van der Waals surface area (Å²) in [7, 11) is 1.51. The topological polar surface area (TPSA) is 84.5 Å². The van der Waals surface area contributed by atoms with Crippen molar-refractivity contribution in [2.75, 3.05) is 19.0 Å². The first-order valence-corrected chi connectivity index (χ1v) is 7.52. The third-order valence-electron chi connectivity index (χ3n) is 3.14. The molecule has 0 bridgehead atoms. The molecule has 0 fully saturated rings. The van der Waals surface area contributed by atoms with Crippen molar-refractivity contribution in [2.24, 2.45) is 0 Å². The Bertz CT molecular complexity index is 809. The van der Waals surface area contributed by atoms with E-state index >= 15 is 0 Å². The van der Waals surface area contributed by atoms with Crippen molar-refractivity contribution in [3.8, 4) is 0 Å². The lowest BCUT2D eigenvalue weighted by molar-refractivity contribution is -0.119. The van der Waals surface area contributed by atoms with Crippen LogP contribution in [-0.2, 0) is 9.53 Å². The Morgan fingerprint density at radius 2 is 1.80 bits per heavy atom. The fourth-order valence-corrected chi connectivity index (χ4v) is 2.08. The number of carbonyl (C=O) groups is 3. The van der Waals surface area contributed by atoms with Gasteiger partial charge in [0.2, 0.25) is 0 Å². The number of nitrogens with one attached hydrogen (secondary N) is 2. The summed E-state index contributed by atoms with van der Waals surface area (Å²) in [6.45, 7) is -0.595. The molecule has 0 aromatic heterocycles. The first kappa shape index (κ1) is 18.4. The molecule has 2 aromatic rings. The molecule has 0 aliphatic heterocycles. The van der Waals surface area contributed by atoms with E-state index in [0.29, 0.717) is 11.3 Å². The Labute approximate surface area is 147 Å². The summed E-state index contributed by atoms with van der Waals surface area (Å²) in [4.78, 5) is 35.0. The Kier molecular flexibility index (Phi) is 6.08. The van der Waals surface area contributed by atoms with Gasteiger partial charge in [0.25, 0.3) is 11.8 Å². The molecule has 2 N–H and O–H groups in total. The predicted molar refractivity (Wildman–Crippen MR) is 90.2 cm³/mol. The molecule has 0 spiro atoms. The lowest BCUT2D eigenvalue weighted by atomic mass is 10.2. The van der Waals surface area contributed by atoms with Crippen LogP contribution in [0.2, 0.25) is 5.02 Å². The van der Waals surface area contributed by atoms with Crippen LogP contribution in [0.5, 0.6) is 0 Å². The van der Waals surface area contributed by atoms with Crippen LogP contribution >= 0.6 is 11.6 Å². The fraction of sp³-hybridized carbons (Fsp3) is 0.118. The van der Waals surface area contributed by atoms with Gasteiger partial charge in [0, 0.05) is 23.3 Å². The second-order valence-electron chi connectivity index (χ2n) is 4.90. The van der Waals surface area contributed by atoms with Crippen molar-refractivity contribution in [1.82, 2.24) is 5.32 Å². The van der Waals surface area contributed by atoms with Crippen LogP contribution in [0, 0.1) is 5.82 Å². The summed E-state index contributed by atoms with van der Waals surface area (Å²) in [5, 5.41) is 5.14. The summed E-state index contributed by atoms with van der Waals surface area (Å²) in [6, 6.07) is 9.57. The maximum Gasteiger partial charge on any atom is 0.341 e. The average molecular weight is 365 g/mol. The molecule has 2 rings (SSSR count). The van der Waals surface area contributed by atoms with Gasteiger partial charge in [0.15, 0.2) is 6.61 Å². The summed E-state index contributed by atoms with van der Waals surface area (Å²) in [5.41, 5.74) is 0.501. The number of esters is 1. The molecule has 0 aliphatic carbocycles. The van der Waals surface area contributed by atoms with Gasteiger partial charge in [-0.15, -0.1) is 0 Å². The van der Waals surface area contributed by atoms with Crippen LogP contribution in [0.3, 0.4) is 0 Å². The van der Waals surface area contributed by atoms with E-state index in [1.165, 1.54) is 37.4 Å². The van der Waals surface area contributed by atoms with Crippen LogP contribution < -0.4 is 10.6 Å². The number of ether oxygens (including phenoxy) is 1. The van der Waals surface area contributed by atoms with Crippen molar-refractivity contribution >= 4 is 35.1 Å². The zero-order valence-corrected chi connectivity index (χ0v) is 13.9. The highest BCUT2D eigenvalue weighted by Gasteiger charge is 2.15. The molecule has 0 aliphatic rings. The number of carbonyl (C=O) groups excluding carboxylic acids is 3. The van der Waals surface area contributed by atoms with Gasteiger partial charge in [-0.05, 0) is 42.5 Å². The molecule has 2 amide bonds. The molecule has 0 unspecified atom stereocenters. The Balaban J connectivity index is 1.91. The highest BCUT2D eigenvalue weighted by atomic mass is 35.5. The van der Waals surface area contributed by atoms with E-state index in [2.05, 4.69) is 10.6 Å². The molecule has 6 nitrogen and oxygen atoms in total. The molecule has 0 saturated carbocycles. The van der Waals surface area contributed by atoms with Crippen molar-refractivity contribution in [3.63, 3.8) is 0 Å². The van der Waals surface area contributed by atoms with Gasteiger partial charge in [-0.3, -0.25) is 9.59 Å². The average Bonchev–Trinajstić information content (AvgIpc) is 2.61. The van der Waals surface area contributed by atoms with Crippen LogP contribution in [-0.4, -0.2) is 31.4 Å². The number of benzene rings is 2. The molecular weight excluding hydrogens is 351 g/mol. The minimum absolute atomic E-state index is 0.175. The zero-order valence-electron chi connectivity index (χ0n) is 13.1. The second kappa shape index (κ2) is 8.25. The molecule has 8 heteroatoms. The van der Waals surface area contributed by atoms with E-state index in [9.17, 15) is 18.8 Å². The minimum Gasteiger partial charge on any atom is -0.452 e.